The van der Waals surface area contributed by atoms with Crippen molar-refractivity contribution >= 4 is 23.8 Å². The van der Waals surface area contributed by atoms with Gasteiger partial charge in [0.15, 0.2) is 0 Å². The molecular formula is C24H22N2O5. The topological polar surface area (TPSA) is 88.4 Å². The molecule has 0 aliphatic carbocycles. The fraction of sp³-hybridized carbons (Fsp3) is 0.125. The molecule has 158 valence electrons. The van der Waals surface area contributed by atoms with E-state index >= 15 is 0 Å². The Hall–Kier alpha value is -4.13. The second kappa shape index (κ2) is 10.1. The summed E-state index contributed by atoms with van der Waals surface area (Å²) < 4.78 is 5.33. The van der Waals surface area contributed by atoms with Crippen molar-refractivity contribution < 1.29 is 24.3 Å². The smallest absolute Gasteiger partial charge is 0.365 e. The Morgan fingerprint density at radius 2 is 1.58 bits per heavy atom. The van der Waals surface area contributed by atoms with Crippen molar-refractivity contribution in [2.45, 2.75) is 6.61 Å². The van der Waals surface area contributed by atoms with E-state index in [9.17, 15) is 14.7 Å². The van der Waals surface area contributed by atoms with E-state index in [0.29, 0.717) is 16.7 Å². The highest BCUT2D eigenvalue weighted by atomic mass is 16.7. The molecule has 7 heteroatoms. The number of phenols is 1. The second-order valence-electron chi connectivity index (χ2n) is 6.92. The second-order valence-corrected chi connectivity index (χ2v) is 6.92. The Morgan fingerprint density at radius 1 is 0.935 bits per heavy atom. The molecule has 0 aliphatic heterocycles. The third-order valence-electron chi connectivity index (χ3n) is 4.39. The Kier molecular flexibility index (Phi) is 7.01. The summed E-state index contributed by atoms with van der Waals surface area (Å²) in [4.78, 5) is 31.1. The molecule has 0 aliphatic rings. The van der Waals surface area contributed by atoms with Gasteiger partial charge in [0.05, 0.1) is 17.3 Å². The number of carbonyl (C=O) groups excluding carboxylic acids is 2. The summed E-state index contributed by atoms with van der Waals surface area (Å²) >= 11 is 0. The van der Waals surface area contributed by atoms with E-state index in [1.807, 2.05) is 31.1 Å². The zero-order chi connectivity index (χ0) is 22.2. The number of benzene rings is 3. The molecule has 0 atom stereocenters. The van der Waals surface area contributed by atoms with Gasteiger partial charge in [0.2, 0.25) is 0 Å². The van der Waals surface area contributed by atoms with Crippen LogP contribution in [0.5, 0.6) is 5.75 Å². The van der Waals surface area contributed by atoms with Gasteiger partial charge in [-0.25, -0.2) is 9.59 Å². The highest BCUT2D eigenvalue weighted by molar-refractivity contribution is 5.90. The van der Waals surface area contributed by atoms with Gasteiger partial charge in [-0.05, 0) is 59.7 Å². The summed E-state index contributed by atoms with van der Waals surface area (Å²) in [5, 5.41) is 13.0. The summed E-state index contributed by atoms with van der Waals surface area (Å²) in [7, 11) is 3.85. The molecule has 0 radical (unpaired) electrons. The third kappa shape index (κ3) is 6.17. The predicted octanol–water partition coefficient (Wildman–Crippen LogP) is 4.01. The summed E-state index contributed by atoms with van der Waals surface area (Å²) in [6.45, 7) is 0.0826. The zero-order valence-corrected chi connectivity index (χ0v) is 17.2. The van der Waals surface area contributed by atoms with Gasteiger partial charge in [-0.1, -0.05) is 29.4 Å². The molecule has 0 heterocycles. The van der Waals surface area contributed by atoms with Crippen LogP contribution in [0, 0.1) is 0 Å². The number of phenolic OH excluding ortho intramolecular Hbond substituents is 1. The highest BCUT2D eigenvalue weighted by Gasteiger charge is 2.10. The minimum Gasteiger partial charge on any atom is -0.508 e. The molecule has 0 amide bonds. The quantitative estimate of drug-likeness (QED) is 0.270. The van der Waals surface area contributed by atoms with Gasteiger partial charge in [-0.15, -0.1) is 0 Å². The maximum atomic E-state index is 12.2. The van der Waals surface area contributed by atoms with Crippen LogP contribution >= 0.6 is 0 Å². The molecule has 0 spiro atoms. The van der Waals surface area contributed by atoms with E-state index in [1.165, 1.54) is 18.3 Å². The van der Waals surface area contributed by atoms with E-state index in [0.717, 1.165) is 11.3 Å². The van der Waals surface area contributed by atoms with Gasteiger partial charge < -0.3 is 19.6 Å². The van der Waals surface area contributed by atoms with Crippen LogP contribution < -0.4 is 4.90 Å². The Bertz CT molecular complexity index is 1070. The molecule has 1 N–H and O–H groups in total. The van der Waals surface area contributed by atoms with Crippen LogP contribution in [0.25, 0.3) is 0 Å². The summed E-state index contributed by atoms with van der Waals surface area (Å²) in [5.74, 6) is -0.951. The number of rotatable bonds is 7. The molecule has 0 saturated heterocycles. The number of carbonyl (C=O) groups is 2. The number of nitrogens with zero attached hydrogens (tertiary/aromatic N) is 2. The molecule has 0 fully saturated rings. The molecule has 31 heavy (non-hydrogen) atoms. The zero-order valence-electron chi connectivity index (χ0n) is 17.2. The fourth-order valence-electron chi connectivity index (χ4n) is 2.66. The molecule has 3 rings (SSSR count). The van der Waals surface area contributed by atoms with Crippen LogP contribution in [-0.4, -0.2) is 37.4 Å². The highest BCUT2D eigenvalue weighted by Crippen LogP contribution is 2.14. The number of oxime groups is 1. The SMILES string of the molecule is CN(C)c1ccc(C(=O)OCc2ccc(C(=O)ON=Cc3cccc(O)c3)cc2)cc1. The maximum absolute atomic E-state index is 12.2. The lowest BCUT2D eigenvalue weighted by Gasteiger charge is -2.12. The van der Waals surface area contributed by atoms with Crippen molar-refractivity contribution in [3.05, 3.63) is 95.1 Å². The molecule has 0 unspecified atom stereocenters. The van der Waals surface area contributed by atoms with E-state index in [-0.39, 0.29) is 12.4 Å². The maximum Gasteiger partial charge on any atom is 0.365 e. The Labute approximate surface area is 180 Å². The largest absolute Gasteiger partial charge is 0.508 e. The number of aromatic hydroxyl groups is 1. The monoisotopic (exact) mass is 418 g/mol. The van der Waals surface area contributed by atoms with Gasteiger partial charge in [0, 0.05) is 19.8 Å². The van der Waals surface area contributed by atoms with Crippen LogP contribution in [0.15, 0.2) is 78.0 Å². The van der Waals surface area contributed by atoms with Crippen LogP contribution in [0.1, 0.15) is 31.8 Å². The summed E-state index contributed by atoms with van der Waals surface area (Å²) in [6.07, 6.45) is 1.33. The van der Waals surface area contributed by atoms with Crippen molar-refractivity contribution in [2.24, 2.45) is 5.16 Å². The minimum absolute atomic E-state index is 0.0826. The van der Waals surface area contributed by atoms with Gasteiger partial charge in [0.1, 0.15) is 12.4 Å². The van der Waals surface area contributed by atoms with Gasteiger partial charge in [-0.2, -0.15) is 0 Å². The van der Waals surface area contributed by atoms with Crippen LogP contribution in [0.3, 0.4) is 0 Å². The minimum atomic E-state index is -0.624. The van der Waals surface area contributed by atoms with Crippen LogP contribution in [0.2, 0.25) is 0 Å². The van der Waals surface area contributed by atoms with Crippen molar-refractivity contribution in [2.75, 3.05) is 19.0 Å². The normalized spacial score (nSPS) is 10.6. The average Bonchev–Trinajstić information content (AvgIpc) is 2.78. The molecular weight excluding hydrogens is 396 g/mol. The molecule has 0 saturated carbocycles. The molecule has 0 bridgehead atoms. The van der Waals surface area contributed by atoms with Crippen LogP contribution in [-0.2, 0) is 16.2 Å². The molecule has 3 aromatic carbocycles. The molecule has 7 nitrogen and oxygen atoms in total. The Morgan fingerprint density at radius 3 is 2.23 bits per heavy atom. The van der Waals surface area contributed by atoms with Crippen molar-refractivity contribution in [3.8, 4) is 5.75 Å². The lowest BCUT2D eigenvalue weighted by Crippen LogP contribution is -2.09. The standard InChI is InChI=1S/C24H22N2O5/c1-26(2)21-12-10-19(11-13-21)23(28)30-16-17-6-8-20(9-7-17)24(29)31-25-15-18-4-3-5-22(27)14-18/h3-15,27H,16H2,1-2H3. The first-order valence-corrected chi connectivity index (χ1v) is 9.49. The van der Waals surface area contributed by atoms with E-state index in [2.05, 4.69) is 5.16 Å². The van der Waals surface area contributed by atoms with E-state index in [1.54, 1.807) is 48.5 Å². The number of hydrogen-bond acceptors (Lipinski definition) is 7. The first-order chi connectivity index (χ1) is 14.9. The van der Waals surface area contributed by atoms with E-state index < -0.39 is 11.9 Å². The average molecular weight is 418 g/mol. The Balaban J connectivity index is 1.51. The summed E-state index contributed by atoms with van der Waals surface area (Å²) in [6, 6.07) is 20.0. The van der Waals surface area contributed by atoms with Crippen LogP contribution in [0.4, 0.5) is 5.69 Å². The summed E-state index contributed by atoms with van der Waals surface area (Å²) in [5.41, 5.74) is 3.10. The lowest BCUT2D eigenvalue weighted by molar-refractivity contribution is 0.0469. The first kappa shape index (κ1) is 21.6. The number of esters is 1. The van der Waals surface area contributed by atoms with Crippen molar-refractivity contribution in [3.63, 3.8) is 0 Å². The van der Waals surface area contributed by atoms with Crippen molar-refractivity contribution in [1.82, 2.24) is 0 Å². The fourth-order valence-corrected chi connectivity index (χ4v) is 2.66. The molecule has 3 aromatic rings. The van der Waals surface area contributed by atoms with Gasteiger partial charge in [-0.3, -0.25) is 0 Å². The predicted molar refractivity (Wildman–Crippen MR) is 117 cm³/mol. The third-order valence-corrected chi connectivity index (χ3v) is 4.39. The molecule has 0 aromatic heterocycles. The van der Waals surface area contributed by atoms with Crippen molar-refractivity contribution in [1.29, 1.82) is 0 Å². The lowest BCUT2D eigenvalue weighted by atomic mass is 10.1. The van der Waals surface area contributed by atoms with Gasteiger partial charge >= 0.3 is 11.9 Å². The number of anilines is 1. The first-order valence-electron chi connectivity index (χ1n) is 9.49. The van der Waals surface area contributed by atoms with Gasteiger partial charge in [0.25, 0.3) is 0 Å². The number of hydrogen-bond donors (Lipinski definition) is 1. The number of ether oxygens (including phenoxy) is 1. The van der Waals surface area contributed by atoms with E-state index in [4.69, 9.17) is 9.57 Å².